The van der Waals surface area contributed by atoms with Gasteiger partial charge in [-0.15, -0.1) is 11.8 Å². The molecule has 1 amide bonds. The first-order valence-electron chi connectivity index (χ1n) is 8.27. The molecule has 0 atom stereocenters. The predicted molar refractivity (Wildman–Crippen MR) is 97.2 cm³/mol. The lowest BCUT2D eigenvalue weighted by molar-refractivity contribution is -0.385. The van der Waals surface area contributed by atoms with E-state index in [0.717, 1.165) is 30.6 Å². The summed E-state index contributed by atoms with van der Waals surface area (Å²) in [4.78, 5) is 24.2. The molecular formula is C17H20N4O3S. The van der Waals surface area contributed by atoms with Crippen LogP contribution in [0.15, 0.2) is 35.4 Å². The second-order valence-corrected chi connectivity index (χ2v) is 6.93. The number of nitrogens with one attached hydrogen (secondary N) is 1. The number of nitro benzene ring substituents is 1. The first-order valence-corrected chi connectivity index (χ1v) is 9.50. The standard InChI is InChI=1S/C17H20N4O3S/c1-25-13-7-8-15(21(23)24)14(11-13)17(22)19-16-9-10-18-20(16)12-5-3-2-4-6-12/h7-12H,2-6H2,1H3,(H,19,22). The number of nitrogens with zero attached hydrogens (tertiary/aromatic N) is 3. The number of nitro groups is 1. The summed E-state index contributed by atoms with van der Waals surface area (Å²) in [5.41, 5.74) is -0.132. The molecule has 8 heteroatoms. The van der Waals surface area contributed by atoms with E-state index < -0.39 is 10.8 Å². The quantitative estimate of drug-likeness (QED) is 0.488. The van der Waals surface area contributed by atoms with Gasteiger partial charge in [-0.25, -0.2) is 4.68 Å². The van der Waals surface area contributed by atoms with Crippen LogP contribution >= 0.6 is 11.8 Å². The Morgan fingerprint density at radius 1 is 1.32 bits per heavy atom. The van der Waals surface area contributed by atoms with Gasteiger partial charge in [0.05, 0.1) is 17.2 Å². The second kappa shape index (κ2) is 7.69. The van der Waals surface area contributed by atoms with Gasteiger partial charge in [-0.1, -0.05) is 19.3 Å². The third-order valence-corrected chi connectivity index (χ3v) is 5.20. The van der Waals surface area contributed by atoms with Crippen LogP contribution < -0.4 is 5.32 Å². The number of aromatic nitrogens is 2. The monoisotopic (exact) mass is 360 g/mol. The van der Waals surface area contributed by atoms with Crippen molar-refractivity contribution >= 4 is 29.2 Å². The van der Waals surface area contributed by atoms with Crippen LogP contribution in [0.1, 0.15) is 48.5 Å². The largest absolute Gasteiger partial charge is 0.307 e. The molecule has 0 aliphatic heterocycles. The van der Waals surface area contributed by atoms with Gasteiger partial charge in [0.2, 0.25) is 0 Å². The molecule has 1 fully saturated rings. The lowest BCUT2D eigenvalue weighted by Crippen LogP contribution is -2.21. The van der Waals surface area contributed by atoms with Crippen molar-refractivity contribution in [2.75, 3.05) is 11.6 Å². The van der Waals surface area contributed by atoms with Crippen LogP contribution in [0.3, 0.4) is 0 Å². The number of amides is 1. The van der Waals surface area contributed by atoms with E-state index in [1.165, 1.54) is 24.2 Å². The van der Waals surface area contributed by atoms with Gasteiger partial charge in [-0.05, 0) is 31.2 Å². The summed E-state index contributed by atoms with van der Waals surface area (Å²) in [6.07, 6.45) is 9.11. The highest BCUT2D eigenvalue weighted by Crippen LogP contribution is 2.31. The smallest absolute Gasteiger partial charge is 0.282 e. The molecule has 1 aliphatic carbocycles. The number of carbonyl (C=O) groups is 1. The maximum absolute atomic E-state index is 12.7. The maximum atomic E-state index is 12.7. The van der Waals surface area contributed by atoms with Crippen molar-refractivity contribution in [1.29, 1.82) is 0 Å². The lowest BCUT2D eigenvalue weighted by Gasteiger charge is -2.23. The number of benzene rings is 1. The van der Waals surface area contributed by atoms with E-state index in [0.29, 0.717) is 5.82 Å². The molecule has 25 heavy (non-hydrogen) atoms. The van der Waals surface area contributed by atoms with Gasteiger partial charge >= 0.3 is 0 Å². The zero-order chi connectivity index (χ0) is 17.8. The molecule has 0 unspecified atom stereocenters. The molecule has 1 aromatic heterocycles. The average Bonchev–Trinajstić information content (AvgIpc) is 3.09. The van der Waals surface area contributed by atoms with Gasteiger partial charge in [-0.3, -0.25) is 14.9 Å². The average molecular weight is 360 g/mol. The van der Waals surface area contributed by atoms with Crippen LogP contribution in [-0.4, -0.2) is 26.9 Å². The Morgan fingerprint density at radius 2 is 2.08 bits per heavy atom. The van der Waals surface area contributed by atoms with Gasteiger partial charge < -0.3 is 5.32 Å². The molecule has 2 aromatic rings. The fourth-order valence-corrected chi connectivity index (χ4v) is 3.64. The van der Waals surface area contributed by atoms with Crippen LogP contribution in [0, 0.1) is 10.1 Å². The molecule has 1 heterocycles. The van der Waals surface area contributed by atoms with E-state index in [-0.39, 0.29) is 17.3 Å². The van der Waals surface area contributed by atoms with Gasteiger partial charge in [0, 0.05) is 17.0 Å². The van der Waals surface area contributed by atoms with Crippen LogP contribution in [0.25, 0.3) is 0 Å². The van der Waals surface area contributed by atoms with Gasteiger partial charge in [-0.2, -0.15) is 5.10 Å². The summed E-state index contributed by atoms with van der Waals surface area (Å²) in [6, 6.07) is 6.58. The Balaban J connectivity index is 1.86. The van der Waals surface area contributed by atoms with Crippen LogP contribution in [0.2, 0.25) is 0 Å². The number of hydrogen-bond donors (Lipinski definition) is 1. The summed E-state index contributed by atoms with van der Waals surface area (Å²) in [5.74, 6) is 0.0981. The lowest BCUT2D eigenvalue weighted by atomic mass is 9.96. The normalized spacial score (nSPS) is 15.1. The topological polar surface area (TPSA) is 90.1 Å². The van der Waals surface area contributed by atoms with Crippen LogP contribution in [-0.2, 0) is 0 Å². The number of carbonyl (C=O) groups excluding carboxylic acids is 1. The van der Waals surface area contributed by atoms with Crippen LogP contribution in [0.5, 0.6) is 0 Å². The molecule has 0 spiro atoms. The minimum Gasteiger partial charge on any atom is -0.307 e. The summed E-state index contributed by atoms with van der Waals surface area (Å²) in [7, 11) is 0. The Labute approximate surface area is 149 Å². The third kappa shape index (κ3) is 3.84. The maximum Gasteiger partial charge on any atom is 0.282 e. The first-order chi connectivity index (χ1) is 12.1. The summed E-state index contributed by atoms with van der Waals surface area (Å²) >= 11 is 1.43. The molecular weight excluding hydrogens is 340 g/mol. The third-order valence-electron chi connectivity index (χ3n) is 4.48. The highest BCUT2D eigenvalue weighted by Gasteiger charge is 2.23. The number of anilines is 1. The minimum absolute atomic E-state index is 0.0632. The van der Waals surface area contributed by atoms with Crippen molar-refractivity contribution in [1.82, 2.24) is 9.78 Å². The van der Waals surface area contributed by atoms with Crippen molar-refractivity contribution in [3.63, 3.8) is 0 Å². The number of rotatable bonds is 5. The van der Waals surface area contributed by atoms with Gasteiger partial charge in [0.15, 0.2) is 0 Å². The summed E-state index contributed by atoms with van der Waals surface area (Å²) in [6.45, 7) is 0. The van der Waals surface area contributed by atoms with E-state index >= 15 is 0 Å². The summed E-state index contributed by atoms with van der Waals surface area (Å²) in [5, 5.41) is 18.4. The Hall–Kier alpha value is -2.35. The number of hydrogen-bond acceptors (Lipinski definition) is 5. The molecule has 7 nitrogen and oxygen atoms in total. The highest BCUT2D eigenvalue weighted by atomic mass is 32.2. The van der Waals surface area contributed by atoms with Crippen molar-refractivity contribution in [2.45, 2.75) is 43.0 Å². The molecule has 1 aromatic carbocycles. The van der Waals surface area contributed by atoms with Crippen LogP contribution in [0.4, 0.5) is 11.5 Å². The fourth-order valence-electron chi connectivity index (χ4n) is 3.20. The van der Waals surface area contributed by atoms with Gasteiger partial charge in [0.1, 0.15) is 11.4 Å². The Bertz CT molecular complexity index is 784. The molecule has 0 radical (unpaired) electrons. The predicted octanol–water partition coefficient (Wildman–Crippen LogP) is 4.27. The highest BCUT2D eigenvalue weighted by molar-refractivity contribution is 7.98. The SMILES string of the molecule is CSc1ccc([N+](=O)[O-])c(C(=O)Nc2ccnn2C2CCCCC2)c1. The van der Waals surface area contributed by atoms with Crippen molar-refractivity contribution in [2.24, 2.45) is 0 Å². The molecule has 1 aliphatic rings. The molecule has 0 saturated heterocycles. The Kier molecular flexibility index (Phi) is 5.37. The second-order valence-electron chi connectivity index (χ2n) is 6.05. The number of thioether (sulfide) groups is 1. The molecule has 0 bridgehead atoms. The molecule has 3 rings (SSSR count). The minimum atomic E-state index is -0.530. The molecule has 1 N–H and O–H groups in total. The van der Waals surface area contributed by atoms with E-state index in [4.69, 9.17) is 0 Å². The molecule has 1 saturated carbocycles. The van der Waals surface area contributed by atoms with E-state index in [2.05, 4.69) is 10.4 Å². The fraction of sp³-hybridized carbons (Fsp3) is 0.412. The Morgan fingerprint density at radius 3 is 2.76 bits per heavy atom. The first kappa shape index (κ1) is 17.5. The van der Waals surface area contributed by atoms with E-state index in [1.807, 2.05) is 10.9 Å². The van der Waals surface area contributed by atoms with E-state index in [1.54, 1.807) is 24.4 Å². The van der Waals surface area contributed by atoms with Crippen molar-refractivity contribution < 1.29 is 9.72 Å². The summed E-state index contributed by atoms with van der Waals surface area (Å²) < 4.78 is 1.83. The van der Waals surface area contributed by atoms with Crippen molar-refractivity contribution in [3.8, 4) is 0 Å². The molecule has 132 valence electrons. The van der Waals surface area contributed by atoms with Gasteiger partial charge in [0.25, 0.3) is 11.6 Å². The van der Waals surface area contributed by atoms with E-state index in [9.17, 15) is 14.9 Å². The zero-order valence-corrected chi connectivity index (χ0v) is 14.8. The zero-order valence-electron chi connectivity index (χ0n) is 14.0. The van der Waals surface area contributed by atoms with Crippen molar-refractivity contribution in [3.05, 3.63) is 46.1 Å².